The van der Waals surface area contributed by atoms with E-state index in [2.05, 4.69) is 193 Å². The molecule has 58 heavy (non-hydrogen) atoms. The predicted molar refractivity (Wildman–Crippen MR) is 238 cm³/mol. The SMILES string of the molecule is c1ccc(C2(c3ccccc3)c3ccccc3-c3cc(N(c4cccc(-c5cccc6c5oc5ccccc56)c4)c4ccc5oc6ccccc6c5c4)ccc32)cc1. The Hall–Kier alpha value is -7.62. The van der Waals surface area contributed by atoms with Gasteiger partial charge in [-0.2, -0.15) is 0 Å². The Balaban J connectivity index is 1.10. The van der Waals surface area contributed by atoms with Gasteiger partial charge in [-0.05, 0) is 93.5 Å². The summed E-state index contributed by atoms with van der Waals surface area (Å²) in [6.45, 7) is 0. The van der Waals surface area contributed by atoms with Gasteiger partial charge in [0.2, 0.25) is 0 Å². The van der Waals surface area contributed by atoms with Crippen molar-refractivity contribution in [1.82, 2.24) is 0 Å². The minimum Gasteiger partial charge on any atom is -0.456 e. The molecule has 0 saturated carbocycles. The summed E-state index contributed by atoms with van der Waals surface area (Å²) >= 11 is 0. The van der Waals surface area contributed by atoms with Crippen LogP contribution in [0.15, 0.2) is 221 Å². The monoisotopic (exact) mass is 741 g/mol. The number of fused-ring (bicyclic) bond motifs is 9. The largest absolute Gasteiger partial charge is 0.456 e. The first-order valence-electron chi connectivity index (χ1n) is 19.8. The van der Waals surface area contributed by atoms with Gasteiger partial charge in [0.05, 0.1) is 5.41 Å². The summed E-state index contributed by atoms with van der Waals surface area (Å²) in [5.74, 6) is 0. The highest BCUT2D eigenvalue weighted by atomic mass is 16.3. The third-order valence-electron chi connectivity index (χ3n) is 12.1. The highest BCUT2D eigenvalue weighted by molar-refractivity contribution is 6.10. The van der Waals surface area contributed by atoms with Gasteiger partial charge in [-0.25, -0.2) is 0 Å². The van der Waals surface area contributed by atoms with Crippen LogP contribution in [-0.2, 0) is 5.41 Å². The quantitative estimate of drug-likeness (QED) is 0.170. The molecule has 1 aliphatic rings. The van der Waals surface area contributed by atoms with E-state index in [0.29, 0.717) is 0 Å². The molecule has 0 N–H and O–H groups in total. The van der Waals surface area contributed by atoms with Gasteiger partial charge in [0, 0.05) is 44.2 Å². The van der Waals surface area contributed by atoms with Gasteiger partial charge >= 0.3 is 0 Å². The average Bonchev–Trinajstić information content (AvgIpc) is 3.95. The van der Waals surface area contributed by atoms with E-state index in [1.807, 2.05) is 24.3 Å². The zero-order chi connectivity index (χ0) is 38.2. The fourth-order valence-electron chi connectivity index (χ4n) is 9.66. The first kappa shape index (κ1) is 32.6. The van der Waals surface area contributed by atoms with Crippen molar-refractivity contribution < 1.29 is 8.83 Å². The number of hydrogen-bond acceptors (Lipinski definition) is 3. The summed E-state index contributed by atoms with van der Waals surface area (Å²) in [5, 5.41) is 4.42. The van der Waals surface area contributed by atoms with Crippen LogP contribution in [-0.4, -0.2) is 0 Å². The Labute approximate surface area is 335 Å². The lowest BCUT2D eigenvalue weighted by atomic mass is 9.68. The van der Waals surface area contributed by atoms with Gasteiger partial charge in [-0.15, -0.1) is 0 Å². The lowest BCUT2D eigenvalue weighted by molar-refractivity contribution is 0.669. The molecule has 0 bridgehead atoms. The maximum atomic E-state index is 6.54. The van der Waals surface area contributed by atoms with Gasteiger partial charge < -0.3 is 13.7 Å². The van der Waals surface area contributed by atoms with Gasteiger partial charge in [0.1, 0.15) is 22.3 Å². The maximum Gasteiger partial charge on any atom is 0.143 e. The molecule has 0 fully saturated rings. The number of anilines is 3. The zero-order valence-corrected chi connectivity index (χ0v) is 31.5. The smallest absolute Gasteiger partial charge is 0.143 e. The number of rotatable bonds is 6. The number of furan rings is 2. The van der Waals surface area contributed by atoms with Crippen LogP contribution in [0.1, 0.15) is 22.3 Å². The Morgan fingerprint density at radius 3 is 1.67 bits per heavy atom. The van der Waals surface area contributed by atoms with E-state index in [4.69, 9.17) is 8.83 Å². The van der Waals surface area contributed by atoms with Crippen molar-refractivity contribution in [2.45, 2.75) is 5.41 Å². The second kappa shape index (κ2) is 12.7. The van der Waals surface area contributed by atoms with Crippen LogP contribution in [0.2, 0.25) is 0 Å². The first-order valence-corrected chi connectivity index (χ1v) is 19.8. The summed E-state index contributed by atoms with van der Waals surface area (Å²) in [7, 11) is 0. The highest BCUT2D eigenvalue weighted by Crippen LogP contribution is 2.57. The number of hydrogen-bond donors (Lipinski definition) is 0. The summed E-state index contributed by atoms with van der Waals surface area (Å²) in [5.41, 5.74) is 15.9. The van der Waals surface area contributed by atoms with Crippen LogP contribution in [0.4, 0.5) is 17.1 Å². The third-order valence-corrected chi connectivity index (χ3v) is 12.1. The molecule has 0 saturated heterocycles. The van der Waals surface area contributed by atoms with Crippen LogP contribution in [0.25, 0.3) is 66.1 Å². The molecular formula is C55H35NO2. The molecule has 0 unspecified atom stereocenters. The molecule has 3 nitrogen and oxygen atoms in total. The molecule has 272 valence electrons. The molecule has 0 atom stereocenters. The van der Waals surface area contributed by atoms with Crippen molar-refractivity contribution in [3.8, 4) is 22.3 Å². The van der Waals surface area contributed by atoms with Gasteiger partial charge in [0.15, 0.2) is 0 Å². The molecule has 0 aliphatic heterocycles. The number of nitrogens with zero attached hydrogens (tertiary/aromatic N) is 1. The van der Waals surface area contributed by atoms with E-state index in [9.17, 15) is 0 Å². The Kier molecular flexibility index (Phi) is 7.14. The van der Waals surface area contributed by atoms with E-state index >= 15 is 0 Å². The molecule has 2 heterocycles. The minimum absolute atomic E-state index is 0.475. The Morgan fingerprint density at radius 1 is 0.328 bits per heavy atom. The van der Waals surface area contributed by atoms with Crippen LogP contribution >= 0.6 is 0 Å². The zero-order valence-electron chi connectivity index (χ0n) is 31.5. The molecular weight excluding hydrogens is 707 g/mol. The summed E-state index contributed by atoms with van der Waals surface area (Å²) in [4.78, 5) is 2.39. The van der Waals surface area contributed by atoms with Crippen molar-refractivity contribution in [2.75, 3.05) is 4.90 Å². The van der Waals surface area contributed by atoms with Crippen molar-refractivity contribution in [1.29, 1.82) is 0 Å². The van der Waals surface area contributed by atoms with Gasteiger partial charge in [-0.3, -0.25) is 0 Å². The van der Waals surface area contributed by atoms with E-state index in [-0.39, 0.29) is 0 Å². The van der Waals surface area contributed by atoms with E-state index in [1.54, 1.807) is 0 Å². The van der Waals surface area contributed by atoms with Crippen LogP contribution in [0, 0.1) is 0 Å². The van der Waals surface area contributed by atoms with E-state index in [0.717, 1.165) is 72.1 Å². The maximum absolute atomic E-state index is 6.54. The van der Waals surface area contributed by atoms with E-state index < -0.39 is 5.41 Å². The molecule has 12 rings (SSSR count). The molecule has 1 aliphatic carbocycles. The summed E-state index contributed by atoms with van der Waals surface area (Å²) in [6.07, 6.45) is 0. The fourth-order valence-corrected chi connectivity index (χ4v) is 9.66. The van der Waals surface area contributed by atoms with E-state index in [1.165, 1.54) is 33.4 Å². The van der Waals surface area contributed by atoms with Crippen molar-refractivity contribution in [3.05, 3.63) is 235 Å². The van der Waals surface area contributed by atoms with Gasteiger partial charge in [0.25, 0.3) is 0 Å². The molecule has 11 aromatic rings. The summed E-state index contributed by atoms with van der Waals surface area (Å²) in [6, 6.07) is 76.3. The highest BCUT2D eigenvalue weighted by Gasteiger charge is 2.46. The van der Waals surface area contributed by atoms with Crippen LogP contribution in [0.5, 0.6) is 0 Å². The topological polar surface area (TPSA) is 29.5 Å². The molecule has 2 aromatic heterocycles. The first-order chi connectivity index (χ1) is 28.8. The Bertz CT molecular complexity index is 3320. The lowest BCUT2D eigenvalue weighted by Crippen LogP contribution is -2.28. The summed E-state index contributed by atoms with van der Waals surface area (Å²) < 4.78 is 12.9. The Morgan fingerprint density at radius 2 is 0.879 bits per heavy atom. The minimum atomic E-state index is -0.475. The van der Waals surface area contributed by atoms with Crippen molar-refractivity contribution in [2.24, 2.45) is 0 Å². The van der Waals surface area contributed by atoms with Crippen molar-refractivity contribution >= 4 is 60.9 Å². The standard InChI is InChI=1S/C55H35NO2/c1-3-16-37(17-4-1)55(38-18-5-2-6-19-38)49-26-10-7-21-43(49)47-34-40(29-31-50(47)55)56(41-30-32-53-48(35-41)45-23-9-11-27-51(45)57-53)39-20-13-15-36(33-39)42-24-14-25-46-44-22-8-12-28-52(44)58-54(42)46/h1-35H. The number of para-hydroxylation sites is 3. The second-order valence-electron chi connectivity index (χ2n) is 15.2. The molecule has 0 spiro atoms. The van der Waals surface area contributed by atoms with Gasteiger partial charge in [-0.1, -0.05) is 158 Å². The average molecular weight is 742 g/mol. The lowest BCUT2D eigenvalue weighted by Gasteiger charge is -2.34. The molecule has 3 heteroatoms. The molecule has 0 radical (unpaired) electrons. The molecule has 0 amide bonds. The fraction of sp³-hybridized carbons (Fsp3) is 0.0182. The molecule has 9 aromatic carbocycles. The van der Waals surface area contributed by atoms with Crippen molar-refractivity contribution in [3.63, 3.8) is 0 Å². The number of benzene rings is 9. The predicted octanol–water partition coefficient (Wildman–Crippen LogP) is 15.0. The third kappa shape index (κ3) is 4.74. The van der Waals surface area contributed by atoms with Crippen LogP contribution < -0.4 is 4.90 Å². The van der Waals surface area contributed by atoms with Crippen LogP contribution in [0.3, 0.4) is 0 Å². The normalized spacial score (nSPS) is 13.0. The second-order valence-corrected chi connectivity index (χ2v) is 15.2.